The molecular formula is C13H24ClNO2. The minimum Gasteiger partial charge on any atom is -0.383 e. The van der Waals surface area contributed by atoms with Crippen molar-refractivity contribution in [1.82, 2.24) is 5.32 Å². The maximum atomic E-state index is 12.1. The van der Waals surface area contributed by atoms with Gasteiger partial charge in [-0.05, 0) is 19.3 Å². The van der Waals surface area contributed by atoms with Crippen LogP contribution in [0, 0.1) is 5.92 Å². The molecule has 0 aromatic heterocycles. The lowest BCUT2D eigenvalue weighted by Crippen LogP contribution is -2.41. The third-order valence-corrected chi connectivity index (χ3v) is 3.62. The van der Waals surface area contributed by atoms with E-state index in [4.69, 9.17) is 16.3 Å². The Balaban J connectivity index is 2.38. The minimum atomic E-state index is 0.0632. The molecule has 4 heteroatoms. The van der Waals surface area contributed by atoms with Crippen LogP contribution in [0.25, 0.3) is 0 Å². The molecule has 17 heavy (non-hydrogen) atoms. The zero-order valence-electron chi connectivity index (χ0n) is 10.7. The summed E-state index contributed by atoms with van der Waals surface area (Å²) in [4.78, 5) is 12.1. The molecule has 1 N–H and O–H groups in total. The van der Waals surface area contributed by atoms with Crippen LogP contribution in [0.3, 0.4) is 0 Å². The van der Waals surface area contributed by atoms with Crippen LogP contribution in [-0.4, -0.2) is 31.5 Å². The highest BCUT2D eigenvalue weighted by atomic mass is 35.5. The van der Waals surface area contributed by atoms with Crippen molar-refractivity contribution in [3.63, 3.8) is 0 Å². The first-order chi connectivity index (χ1) is 8.27. The number of ether oxygens (including phenoxy) is 1. The predicted octanol–water partition coefficient (Wildman–Crippen LogP) is 2.72. The molecule has 1 saturated carbocycles. The Morgan fingerprint density at radius 3 is 2.53 bits per heavy atom. The zero-order valence-corrected chi connectivity index (χ0v) is 11.5. The quantitative estimate of drug-likeness (QED) is 0.590. The SMILES string of the molecule is COCC(CCCl)NC(=O)C1CCCCCC1. The molecule has 3 nitrogen and oxygen atoms in total. The number of alkyl halides is 1. The molecule has 0 radical (unpaired) electrons. The van der Waals surface area contributed by atoms with Crippen molar-refractivity contribution >= 4 is 17.5 Å². The third-order valence-electron chi connectivity index (χ3n) is 3.40. The van der Waals surface area contributed by atoms with E-state index in [0.29, 0.717) is 12.5 Å². The first kappa shape index (κ1) is 14.8. The Hall–Kier alpha value is -0.280. The average molecular weight is 262 g/mol. The van der Waals surface area contributed by atoms with Crippen molar-refractivity contribution in [2.24, 2.45) is 5.92 Å². The van der Waals surface area contributed by atoms with Crippen LogP contribution >= 0.6 is 11.6 Å². The van der Waals surface area contributed by atoms with E-state index in [1.165, 1.54) is 25.7 Å². The maximum absolute atomic E-state index is 12.1. The summed E-state index contributed by atoms with van der Waals surface area (Å²) in [6.45, 7) is 0.547. The van der Waals surface area contributed by atoms with Crippen molar-refractivity contribution in [3.8, 4) is 0 Å². The molecule has 1 fully saturated rings. The lowest BCUT2D eigenvalue weighted by atomic mass is 9.99. The van der Waals surface area contributed by atoms with E-state index in [0.717, 1.165) is 19.3 Å². The van der Waals surface area contributed by atoms with Gasteiger partial charge in [0.15, 0.2) is 0 Å². The van der Waals surface area contributed by atoms with Gasteiger partial charge in [-0.1, -0.05) is 25.7 Å². The van der Waals surface area contributed by atoms with E-state index in [9.17, 15) is 4.79 Å². The Labute approximate surface area is 109 Å². The number of carbonyl (C=O) groups excluding carboxylic acids is 1. The molecule has 1 atom stereocenters. The third kappa shape index (κ3) is 5.73. The standard InChI is InChI=1S/C13H24ClNO2/c1-17-10-12(8-9-14)15-13(16)11-6-4-2-3-5-7-11/h11-12H,2-10H2,1H3,(H,15,16). The molecule has 1 aliphatic rings. The molecule has 1 aliphatic carbocycles. The molecule has 0 aromatic rings. The van der Waals surface area contributed by atoms with Crippen molar-refractivity contribution in [2.75, 3.05) is 19.6 Å². The van der Waals surface area contributed by atoms with E-state index in [2.05, 4.69) is 5.32 Å². The predicted molar refractivity (Wildman–Crippen MR) is 70.3 cm³/mol. The summed E-state index contributed by atoms with van der Waals surface area (Å²) >= 11 is 5.72. The van der Waals surface area contributed by atoms with Crippen LogP contribution in [-0.2, 0) is 9.53 Å². The fourth-order valence-corrected chi connectivity index (χ4v) is 2.65. The van der Waals surface area contributed by atoms with Crippen LogP contribution in [0.1, 0.15) is 44.9 Å². The number of halogens is 1. The molecule has 0 spiro atoms. The van der Waals surface area contributed by atoms with Crippen molar-refractivity contribution in [2.45, 2.75) is 51.0 Å². The summed E-state index contributed by atoms with van der Waals surface area (Å²) in [5.74, 6) is 0.949. The van der Waals surface area contributed by atoms with Crippen LogP contribution < -0.4 is 5.32 Å². The van der Waals surface area contributed by atoms with Crippen LogP contribution in [0.4, 0.5) is 0 Å². The van der Waals surface area contributed by atoms with Gasteiger partial charge in [0.1, 0.15) is 0 Å². The number of methoxy groups -OCH3 is 1. The van der Waals surface area contributed by atoms with Gasteiger partial charge >= 0.3 is 0 Å². The number of amides is 1. The van der Waals surface area contributed by atoms with E-state index in [1.807, 2.05) is 0 Å². The largest absolute Gasteiger partial charge is 0.383 e. The number of nitrogens with one attached hydrogen (secondary N) is 1. The fourth-order valence-electron chi connectivity index (χ4n) is 2.39. The lowest BCUT2D eigenvalue weighted by molar-refractivity contribution is -0.126. The second kappa shape index (κ2) is 8.76. The smallest absolute Gasteiger partial charge is 0.223 e. The first-order valence-electron chi connectivity index (χ1n) is 6.63. The monoisotopic (exact) mass is 261 g/mol. The minimum absolute atomic E-state index is 0.0632. The molecule has 1 rings (SSSR count). The van der Waals surface area contributed by atoms with Crippen LogP contribution in [0.2, 0.25) is 0 Å². The van der Waals surface area contributed by atoms with Crippen LogP contribution in [0.15, 0.2) is 0 Å². The van der Waals surface area contributed by atoms with Gasteiger partial charge in [-0.25, -0.2) is 0 Å². The molecule has 0 saturated heterocycles. The van der Waals surface area contributed by atoms with Crippen molar-refractivity contribution < 1.29 is 9.53 Å². The van der Waals surface area contributed by atoms with Crippen LogP contribution in [0.5, 0.6) is 0 Å². The highest BCUT2D eigenvalue weighted by Gasteiger charge is 2.22. The van der Waals surface area contributed by atoms with Crippen molar-refractivity contribution in [3.05, 3.63) is 0 Å². The molecule has 0 heterocycles. The molecule has 0 bridgehead atoms. The maximum Gasteiger partial charge on any atom is 0.223 e. The molecule has 0 aliphatic heterocycles. The van der Waals surface area contributed by atoms with E-state index in [-0.39, 0.29) is 17.9 Å². The van der Waals surface area contributed by atoms with Gasteiger partial charge in [0.2, 0.25) is 5.91 Å². The average Bonchev–Trinajstić information content (AvgIpc) is 2.58. The molecular weight excluding hydrogens is 238 g/mol. The summed E-state index contributed by atoms with van der Waals surface area (Å²) in [7, 11) is 1.65. The highest BCUT2D eigenvalue weighted by Crippen LogP contribution is 2.23. The number of hydrogen-bond acceptors (Lipinski definition) is 2. The summed E-state index contributed by atoms with van der Waals surface area (Å²) in [6, 6.07) is 0.0632. The molecule has 0 aromatic carbocycles. The Morgan fingerprint density at radius 1 is 1.35 bits per heavy atom. The van der Waals surface area contributed by atoms with Gasteiger partial charge < -0.3 is 10.1 Å². The fraction of sp³-hybridized carbons (Fsp3) is 0.923. The van der Waals surface area contributed by atoms with E-state index in [1.54, 1.807) is 7.11 Å². The summed E-state index contributed by atoms with van der Waals surface area (Å²) < 4.78 is 5.10. The first-order valence-corrected chi connectivity index (χ1v) is 7.16. The van der Waals surface area contributed by atoms with Gasteiger partial charge in [0.05, 0.1) is 12.6 Å². The Bertz CT molecular complexity index is 209. The lowest BCUT2D eigenvalue weighted by Gasteiger charge is -2.20. The molecule has 1 unspecified atom stereocenters. The zero-order chi connectivity index (χ0) is 12.5. The number of hydrogen-bond donors (Lipinski definition) is 1. The van der Waals surface area contributed by atoms with Gasteiger partial charge in [-0.15, -0.1) is 11.6 Å². The van der Waals surface area contributed by atoms with Crippen molar-refractivity contribution in [1.29, 1.82) is 0 Å². The van der Waals surface area contributed by atoms with E-state index >= 15 is 0 Å². The Morgan fingerprint density at radius 2 is 2.00 bits per heavy atom. The number of carbonyl (C=O) groups is 1. The molecule has 100 valence electrons. The summed E-state index contributed by atoms with van der Waals surface area (Å²) in [5.41, 5.74) is 0. The second-order valence-corrected chi connectivity index (χ2v) is 5.20. The van der Waals surface area contributed by atoms with E-state index < -0.39 is 0 Å². The summed E-state index contributed by atoms with van der Waals surface area (Å²) in [6.07, 6.45) is 7.75. The normalized spacial score (nSPS) is 19.6. The number of rotatable bonds is 6. The Kier molecular flexibility index (Phi) is 7.62. The second-order valence-electron chi connectivity index (χ2n) is 4.83. The highest BCUT2D eigenvalue weighted by molar-refractivity contribution is 6.17. The van der Waals surface area contributed by atoms with Gasteiger partial charge in [0.25, 0.3) is 0 Å². The van der Waals surface area contributed by atoms with Gasteiger partial charge in [0, 0.05) is 18.9 Å². The summed E-state index contributed by atoms with van der Waals surface area (Å²) in [5, 5.41) is 3.07. The topological polar surface area (TPSA) is 38.3 Å². The molecule has 1 amide bonds. The van der Waals surface area contributed by atoms with Gasteiger partial charge in [-0.3, -0.25) is 4.79 Å². The van der Waals surface area contributed by atoms with Gasteiger partial charge in [-0.2, -0.15) is 0 Å².